The summed E-state index contributed by atoms with van der Waals surface area (Å²) >= 11 is 0. The monoisotopic (exact) mass is 743 g/mol. The van der Waals surface area contributed by atoms with Crippen molar-refractivity contribution in [1.29, 1.82) is 5.26 Å². The molecule has 0 spiro atoms. The van der Waals surface area contributed by atoms with Gasteiger partial charge in [-0.3, -0.25) is 4.57 Å². The van der Waals surface area contributed by atoms with Gasteiger partial charge in [-0.25, -0.2) is 4.98 Å². The summed E-state index contributed by atoms with van der Waals surface area (Å²) in [6, 6.07) is 53.2. The fourth-order valence-electron chi connectivity index (χ4n) is 7.89. The number of nitriles is 1. The Balaban J connectivity index is 1.10. The molecule has 0 atom stereocenters. The molecule has 0 amide bonds. The van der Waals surface area contributed by atoms with Gasteiger partial charge in [-0.05, 0) is 112 Å². The maximum absolute atomic E-state index is 9.76. The largest absolute Gasteiger partial charge is 0.457 e. The molecule has 2 aromatic heterocycles. The molecule has 9 rings (SSSR count). The molecule has 3 heterocycles. The Morgan fingerprint density at radius 1 is 0.561 bits per heavy atom. The van der Waals surface area contributed by atoms with Crippen LogP contribution in [0, 0.1) is 11.3 Å². The Kier molecular flexibility index (Phi) is 8.63. The lowest BCUT2D eigenvalue weighted by molar-refractivity contribution is 0.483. The summed E-state index contributed by atoms with van der Waals surface area (Å²) in [5, 5.41) is 11.8. The third-order valence-electron chi connectivity index (χ3n) is 11.0. The molecular formula is C51H45N5O. The van der Waals surface area contributed by atoms with Crippen molar-refractivity contribution < 1.29 is 4.74 Å². The Bertz CT molecular complexity index is 2850. The predicted molar refractivity (Wildman–Crippen MR) is 235 cm³/mol. The molecule has 6 aromatic carbocycles. The molecule has 0 fully saturated rings. The molecule has 6 heteroatoms. The number of pyridine rings is 1. The zero-order valence-corrected chi connectivity index (χ0v) is 33.3. The third kappa shape index (κ3) is 6.66. The maximum Gasteiger partial charge on any atom is 0.137 e. The van der Waals surface area contributed by atoms with Crippen molar-refractivity contribution >= 4 is 44.6 Å². The van der Waals surface area contributed by atoms with Gasteiger partial charge in [0.1, 0.15) is 24.0 Å². The summed E-state index contributed by atoms with van der Waals surface area (Å²) in [4.78, 5) is 9.62. The highest BCUT2D eigenvalue weighted by Crippen LogP contribution is 2.47. The molecule has 1 aliphatic heterocycles. The zero-order chi connectivity index (χ0) is 39.5. The van der Waals surface area contributed by atoms with Crippen molar-refractivity contribution in [3.63, 3.8) is 0 Å². The lowest BCUT2D eigenvalue weighted by Crippen LogP contribution is -2.24. The normalized spacial score (nSPS) is 12.9. The molecule has 0 N–H and O–H groups in total. The molecule has 0 radical (unpaired) electrons. The lowest BCUT2D eigenvalue weighted by Gasteiger charge is -2.25. The smallest absolute Gasteiger partial charge is 0.137 e. The van der Waals surface area contributed by atoms with Gasteiger partial charge in [0.2, 0.25) is 0 Å². The average molecular weight is 744 g/mol. The van der Waals surface area contributed by atoms with Crippen LogP contribution in [0.2, 0.25) is 0 Å². The molecular weight excluding hydrogens is 699 g/mol. The molecule has 0 saturated heterocycles. The van der Waals surface area contributed by atoms with E-state index < -0.39 is 0 Å². The number of hydrogen-bond acceptors (Lipinski definition) is 5. The fraction of sp³-hybridized carbons (Fsp3) is 0.176. The summed E-state index contributed by atoms with van der Waals surface area (Å²) in [7, 11) is 0. The standard InChI is InChI=1S/C51H45N5O/c1-50(2,3)37-14-10-15-39(28-37)55-33-54(46-23-19-36(27-48(46)55)35-12-8-7-9-13-35)40-16-11-17-41(30-40)57-42-20-21-43-44-26-34(32-52)18-22-45(44)56(47(43)31-42)49-29-38(24-25-53-49)51(4,5)6/h7-31H,33H2,1-6H3. The van der Waals surface area contributed by atoms with E-state index in [1.807, 2.05) is 36.5 Å². The second-order valence-corrected chi connectivity index (χ2v) is 17.0. The van der Waals surface area contributed by atoms with Crippen LogP contribution in [0.5, 0.6) is 11.5 Å². The van der Waals surface area contributed by atoms with Crippen LogP contribution in [0.4, 0.5) is 22.7 Å². The molecule has 0 aliphatic carbocycles. The van der Waals surface area contributed by atoms with E-state index in [1.54, 1.807) is 0 Å². The van der Waals surface area contributed by atoms with E-state index in [1.165, 1.54) is 22.3 Å². The number of rotatable bonds is 6. The lowest BCUT2D eigenvalue weighted by atomic mass is 9.87. The molecule has 1 aliphatic rings. The van der Waals surface area contributed by atoms with E-state index in [0.29, 0.717) is 18.0 Å². The van der Waals surface area contributed by atoms with Crippen LogP contribution in [0.3, 0.4) is 0 Å². The second-order valence-electron chi connectivity index (χ2n) is 17.0. The van der Waals surface area contributed by atoms with Crippen molar-refractivity contribution in [3.05, 3.63) is 168 Å². The summed E-state index contributed by atoms with van der Waals surface area (Å²) in [6.45, 7) is 14.1. The van der Waals surface area contributed by atoms with Crippen LogP contribution in [-0.2, 0) is 10.8 Å². The fourth-order valence-corrected chi connectivity index (χ4v) is 7.89. The van der Waals surface area contributed by atoms with Gasteiger partial charge in [0.25, 0.3) is 0 Å². The van der Waals surface area contributed by atoms with E-state index in [-0.39, 0.29) is 10.8 Å². The second kappa shape index (κ2) is 13.7. The third-order valence-corrected chi connectivity index (χ3v) is 11.0. The first-order valence-electron chi connectivity index (χ1n) is 19.5. The topological polar surface area (TPSA) is 57.3 Å². The van der Waals surface area contributed by atoms with E-state index in [9.17, 15) is 5.26 Å². The molecule has 280 valence electrons. The van der Waals surface area contributed by atoms with Crippen molar-refractivity contribution in [1.82, 2.24) is 9.55 Å². The van der Waals surface area contributed by atoms with Crippen molar-refractivity contribution in [3.8, 4) is 34.5 Å². The Morgan fingerprint density at radius 3 is 2.05 bits per heavy atom. The number of benzene rings is 6. The number of anilines is 4. The Hall–Kier alpha value is -6.84. The van der Waals surface area contributed by atoms with Gasteiger partial charge >= 0.3 is 0 Å². The average Bonchev–Trinajstić information content (AvgIpc) is 3.76. The summed E-state index contributed by atoms with van der Waals surface area (Å²) in [5.41, 5.74) is 11.9. The highest BCUT2D eigenvalue weighted by Gasteiger charge is 2.30. The maximum atomic E-state index is 9.76. The van der Waals surface area contributed by atoms with Gasteiger partial charge in [-0.1, -0.05) is 96.1 Å². The number of hydrogen-bond donors (Lipinski definition) is 0. The van der Waals surface area contributed by atoms with Gasteiger partial charge in [0.05, 0.1) is 34.0 Å². The minimum absolute atomic E-state index is 0.0275. The number of fused-ring (bicyclic) bond motifs is 4. The Labute approximate surface area is 334 Å². The highest BCUT2D eigenvalue weighted by atomic mass is 16.5. The molecule has 0 bridgehead atoms. The first-order valence-corrected chi connectivity index (χ1v) is 19.5. The number of ether oxygens (including phenoxy) is 1. The molecule has 6 nitrogen and oxygen atoms in total. The molecule has 0 saturated carbocycles. The van der Waals surface area contributed by atoms with E-state index in [4.69, 9.17) is 9.72 Å². The van der Waals surface area contributed by atoms with Crippen LogP contribution in [0.15, 0.2) is 152 Å². The quantitative estimate of drug-likeness (QED) is 0.170. The summed E-state index contributed by atoms with van der Waals surface area (Å²) in [5.74, 6) is 2.28. The van der Waals surface area contributed by atoms with Crippen LogP contribution in [0.1, 0.15) is 58.2 Å². The van der Waals surface area contributed by atoms with Gasteiger partial charge in [-0.2, -0.15) is 5.26 Å². The van der Waals surface area contributed by atoms with Gasteiger partial charge in [-0.15, -0.1) is 0 Å². The number of aromatic nitrogens is 2. The van der Waals surface area contributed by atoms with Gasteiger partial charge in [0, 0.05) is 40.5 Å². The summed E-state index contributed by atoms with van der Waals surface area (Å²) in [6.07, 6.45) is 1.88. The van der Waals surface area contributed by atoms with Crippen LogP contribution >= 0.6 is 0 Å². The van der Waals surface area contributed by atoms with E-state index >= 15 is 0 Å². The first-order chi connectivity index (χ1) is 27.4. The molecule has 57 heavy (non-hydrogen) atoms. The van der Waals surface area contributed by atoms with Gasteiger partial charge in [0.15, 0.2) is 0 Å². The molecule has 8 aromatic rings. The van der Waals surface area contributed by atoms with Crippen LogP contribution in [-0.4, -0.2) is 16.2 Å². The molecule has 0 unspecified atom stereocenters. The van der Waals surface area contributed by atoms with Crippen molar-refractivity contribution in [2.24, 2.45) is 0 Å². The Morgan fingerprint density at radius 2 is 1.28 bits per heavy atom. The van der Waals surface area contributed by atoms with Crippen LogP contribution in [0.25, 0.3) is 38.8 Å². The summed E-state index contributed by atoms with van der Waals surface area (Å²) < 4.78 is 8.88. The van der Waals surface area contributed by atoms with Gasteiger partial charge < -0.3 is 14.5 Å². The first kappa shape index (κ1) is 35.8. The SMILES string of the molecule is CC(C)(C)c1cccc(N2CN(c3cccc(Oc4ccc5c6cc(C#N)ccc6n(-c6cc(C(C)(C)C)ccn6)c5c4)c3)c3ccc(-c4ccccc4)cc32)c1. The van der Waals surface area contributed by atoms with E-state index in [2.05, 4.69) is 177 Å². The van der Waals surface area contributed by atoms with Crippen LogP contribution < -0.4 is 14.5 Å². The van der Waals surface area contributed by atoms with E-state index in [0.717, 1.165) is 56.1 Å². The minimum Gasteiger partial charge on any atom is -0.457 e. The predicted octanol–water partition coefficient (Wildman–Crippen LogP) is 13.4. The van der Waals surface area contributed by atoms with Crippen molar-refractivity contribution in [2.45, 2.75) is 52.4 Å². The minimum atomic E-state index is -0.0444. The zero-order valence-electron chi connectivity index (χ0n) is 33.3. The number of nitrogens with zero attached hydrogens (tertiary/aromatic N) is 5. The highest BCUT2D eigenvalue weighted by molar-refractivity contribution is 6.10. The van der Waals surface area contributed by atoms with Crippen molar-refractivity contribution in [2.75, 3.05) is 16.5 Å².